The van der Waals surface area contributed by atoms with Gasteiger partial charge in [0, 0.05) is 34.4 Å². The minimum absolute atomic E-state index is 0.0746. The number of carbonyl (C=O) groups excluding carboxylic acids is 1. The van der Waals surface area contributed by atoms with Crippen molar-refractivity contribution in [1.82, 2.24) is 14.9 Å². The molecule has 0 radical (unpaired) electrons. The van der Waals surface area contributed by atoms with E-state index in [2.05, 4.69) is 9.97 Å². The highest BCUT2D eigenvalue weighted by Gasteiger charge is 2.25. The van der Waals surface area contributed by atoms with Crippen LogP contribution in [0.4, 0.5) is 4.79 Å². The molecule has 0 spiro atoms. The van der Waals surface area contributed by atoms with Crippen LogP contribution in [0, 0.1) is 13.8 Å². The molecule has 1 heterocycles. The Morgan fingerprint density at radius 3 is 2.43 bits per heavy atom. The Morgan fingerprint density at radius 2 is 1.91 bits per heavy atom. The second-order valence-corrected chi connectivity index (χ2v) is 6.44. The summed E-state index contributed by atoms with van der Waals surface area (Å²) in [5.41, 5.74) is 2.09. The lowest BCUT2D eigenvalue weighted by atomic mass is 10.1. The molecule has 1 rings (SSSR count). The lowest BCUT2D eigenvalue weighted by Gasteiger charge is -2.15. The maximum Gasteiger partial charge on any atom is 0.409 e. The minimum Gasteiger partial charge on any atom is -0.443 e. The van der Waals surface area contributed by atoms with E-state index in [1.807, 2.05) is 27.7 Å². The summed E-state index contributed by atoms with van der Waals surface area (Å²) in [5.74, 6) is 0. The molecule has 0 aliphatic heterocycles. The van der Waals surface area contributed by atoms with Gasteiger partial charge in [-0.2, -0.15) is 0 Å². The lowest BCUT2D eigenvalue weighted by molar-refractivity contribution is -0.816. The Morgan fingerprint density at radius 1 is 1.30 bits per heavy atom. The zero-order chi connectivity index (χ0) is 17.8. The third-order valence-electron chi connectivity index (χ3n) is 3.43. The summed E-state index contributed by atoms with van der Waals surface area (Å²) in [6.45, 7) is 11.8. The van der Waals surface area contributed by atoms with Gasteiger partial charge in [0.05, 0.1) is 17.1 Å². The highest BCUT2D eigenvalue weighted by atomic mass is 16.6. The largest absolute Gasteiger partial charge is 0.443 e. The Bertz CT molecular complexity index is 606. The van der Waals surface area contributed by atoms with E-state index in [9.17, 15) is 10.0 Å². The maximum absolute atomic E-state index is 11.7. The van der Waals surface area contributed by atoms with Gasteiger partial charge in [-0.25, -0.2) is 9.78 Å². The van der Waals surface area contributed by atoms with Crippen molar-refractivity contribution in [2.45, 2.75) is 53.7 Å². The summed E-state index contributed by atoms with van der Waals surface area (Å²) in [5, 5.41) is 10.0. The summed E-state index contributed by atoms with van der Waals surface area (Å²) in [7, 11) is 1.67. The molecule has 0 aromatic carbocycles. The second kappa shape index (κ2) is 7.39. The average Bonchev–Trinajstić information content (AvgIpc) is 2.46. The number of carbonyl (C=O) groups is 1. The Kier molecular flexibility index (Phi) is 6.06. The van der Waals surface area contributed by atoms with Gasteiger partial charge >= 0.3 is 6.09 Å². The molecule has 1 N–H and O–H groups in total. The SMILES string of the molecule is CCN(C)C(=O)OCc1nc(C)c(/C=[N+](\O)C(C)(C)C)nc1C. The summed E-state index contributed by atoms with van der Waals surface area (Å²) in [4.78, 5) is 22.0. The van der Waals surface area contributed by atoms with Crippen molar-refractivity contribution in [3.05, 3.63) is 22.8 Å². The van der Waals surface area contributed by atoms with Crippen LogP contribution in [0.2, 0.25) is 0 Å². The average molecular weight is 323 g/mol. The van der Waals surface area contributed by atoms with Crippen molar-refractivity contribution < 1.29 is 19.5 Å². The van der Waals surface area contributed by atoms with Gasteiger partial charge in [0.15, 0.2) is 5.69 Å². The topological polar surface area (TPSA) is 78.6 Å². The van der Waals surface area contributed by atoms with Crippen LogP contribution in [-0.2, 0) is 11.3 Å². The number of nitrogens with zero attached hydrogens (tertiary/aromatic N) is 4. The van der Waals surface area contributed by atoms with Gasteiger partial charge in [-0.1, -0.05) is 0 Å². The molecule has 0 fully saturated rings. The van der Waals surface area contributed by atoms with E-state index in [4.69, 9.17) is 4.74 Å². The van der Waals surface area contributed by atoms with Crippen molar-refractivity contribution in [3.8, 4) is 0 Å². The molecule has 1 amide bonds. The monoisotopic (exact) mass is 323 g/mol. The second-order valence-electron chi connectivity index (χ2n) is 6.44. The predicted octanol–water partition coefficient (Wildman–Crippen LogP) is 2.30. The summed E-state index contributed by atoms with van der Waals surface area (Å²) >= 11 is 0. The standard InChI is InChI=1S/C16H27N4O3/c1-8-19(7)15(21)23-10-14-12(3)17-13(11(2)18-14)9-20(22)16(4,5)6/h9,22H,8,10H2,1-7H3/q+1. The van der Waals surface area contributed by atoms with Crippen LogP contribution in [0.5, 0.6) is 0 Å². The fourth-order valence-electron chi connectivity index (χ4n) is 1.60. The molecule has 1 aromatic rings. The maximum atomic E-state index is 11.7. The molecule has 0 bridgehead atoms. The van der Waals surface area contributed by atoms with Crippen LogP contribution >= 0.6 is 0 Å². The molecule has 0 atom stereocenters. The fraction of sp³-hybridized carbons (Fsp3) is 0.625. The van der Waals surface area contributed by atoms with E-state index >= 15 is 0 Å². The third-order valence-corrected chi connectivity index (χ3v) is 3.43. The third kappa shape index (κ3) is 5.19. The van der Waals surface area contributed by atoms with Crippen LogP contribution < -0.4 is 0 Å². The van der Waals surface area contributed by atoms with Crippen LogP contribution in [0.3, 0.4) is 0 Å². The molecule has 0 unspecified atom stereocenters. The highest BCUT2D eigenvalue weighted by molar-refractivity contribution is 5.74. The molecular formula is C16H27N4O3+. The minimum atomic E-state index is -0.430. The van der Waals surface area contributed by atoms with Crippen LogP contribution in [0.1, 0.15) is 50.5 Å². The van der Waals surface area contributed by atoms with Crippen molar-refractivity contribution in [2.24, 2.45) is 0 Å². The number of hydrogen-bond donors (Lipinski definition) is 1. The van der Waals surface area contributed by atoms with E-state index in [1.54, 1.807) is 27.1 Å². The van der Waals surface area contributed by atoms with Crippen molar-refractivity contribution >= 4 is 12.3 Å². The molecular weight excluding hydrogens is 296 g/mol. The van der Waals surface area contributed by atoms with Gasteiger partial charge in [0.1, 0.15) is 6.61 Å². The number of aromatic nitrogens is 2. The first-order chi connectivity index (χ1) is 10.6. The normalized spacial score (nSPS) is 12.2. The van der Waals surface area contributed by atoms with E-state index in [0.29, 0.717) is 29.3 Å². The number of hydrogen-bond acceptors (Lipinski definition) is 5. The molecule has 7 nitrogen and oxygen atoms in total. The number of rotatable bonds is 4. The van der Waals surface area contributed by atoms with Crippen LogP contribution in [0.15, 0.2) is 0 Å². The number of ether oxygens (including phenoxy) is 1. The van der Waals surface area contributed by atoms with E-state index in [0.717, 1.165) is 4.74 Å². The number of aryl methyl sites for hydroxylation is 2. The first-order valence-electron chi connectivity index (χ1n) is 7.61. The molecule has 0 aliphatic rings. The summed E-state index contributed by atoms with van der Waals surface area (Å²) in [6.07, 6.45) is 1.16. The molecule has 0 aliphatic carbocycles. The van der Waals surface area contributed by atoms with Gasteiger partial charge < -0.3 is 9.64 Å². The Hall–Kier alpha value is -2.18. The van der Waals surface area contributed by atoms with Gasteiger partial charge in [0.25, 0.3) is 0 Å². The molecule has 1 aromatic heterocycles. The van der Waals surface area contributed by atoms with E-state index in [1.165, 1.54) is 4.90 Å². The molecule has 23 heavy (non-hydrogen) atoms. The first-order valence-corrected chi connectivity index (χ1v) is 7.61. The molecule has 0 saturated carbocycles. The van der Waals surface area contributed by atoms with Crippen LogP contribution in [0.25, 0.3) is 0 Å². The van der Waals surface area contributed by atoms with E-state index in [-0.39, 0.29) is 6.61 Å². The fourth-order valence-corrected chi connectivity index (χ4v) is 1.60. The number of hydroxylamine groups is 1. The van der Waals surface area contributed by atoms with Crippen molar-refractivity contribution in [1.29, 1.82) is 0 Å². The summed E-state index contributed by atoms with van der Waals surface area (Å²) in [6, 6.07) is 0. The zero-order valence-electron chi connectivity index (χ0n) is 15.0. The smallest absolute Gasteiger partial charge is 0.409 e. The Labute approximate surface area is 137 Å². The van der Waals surface area contributed by atoms with Crippen molar-refractivity contribution in [3.63, 3.8) is 0 Å². The van der Waals surface area contributed by atoms with Crippen LogP contribution in [-0.4, -0.2) is 56.3 Å². The van der Waals surface area contributed by atoms with Gasteiger partial charge in [-0.15, -0.1) is 0 Å². The molecule has 0 saturated heterocycles. The molecule has 7 heteroatoms. The molecule has 128 valence electrons. The quantitative estimate of drug-likeness (QED) is 0.398. The summed E-state index contributed by atoms with van der Waals surface area (Å²) < 4.78 is 6.32. The van der Waals surface area contributed by atoms with Gasteiger partial charge in [0.2, 0.25) is 11.8 Å². The van der Waals surface area contributed by atoms with Crippen molar-refractivity contribution in [2.75, 3.05) is 13.6 Å². The van der Waals surface area contributed by atoms with Gasteiger partial charge in [-0.05, 0) is 25.5 Å². The first kappa shape index (κ1) is 18.9. The highest BCUT2D eigenvalue weighted by Crippen LogP contribution is 2.10. The van der Waals surface area contributed by atoms with Gasteiger partial charge in [-0.3, -0.25) is 10.2 Å². The van der Waals surface area contributed by atoms with E-state index < -0.39 is 11.6 Å². The predicted molar refractivity (Wildman–Crippen MR) is 87.0 cm³/mol. The lowest BCUT2D eigenvalue weighted by Crippen LogP contribution is -2.31. The Balaban J connectivity index is 2.96. The number of amides is 1. The zero-order valence-corrected chi connectivity index (χ0v) is 15.0.